The standard InChI is InChI=1S/C13H17IN2O4/c1-8(2)3-12(13(17)18)15-7-9-4-10(14)6-11(5-9)16(19)20/h4-6,8,12,15H,3,7H2,1-2H3,(H,17,18)/t12-/m0/s1. The van der Waals surface area contributed by atoms with Crippen molar-refractivity contribution in [2.45, 2.75) is 32.9 Å². The van der Waals surface area contributed by atoms with Gasteiger partial charge in [-0.3, -0.25) is 14.9 Å². The van der Waals surface area contributed by atoms with Gasteiger partial charge in [0.15, 0.2) is 0 Å². The van der Waals surface area contributed by atoms with Crippen LogP contribution in [0.25, 0.3) is 0 Å². The molecule has 110 valence electrons. The Balaban J connectivity index is 2.77. The molecular formula is C13H17IN2O4. The molecule has 0 aliphatic heterocycles. The summed E-state index contributed by atoms with van der Waals surface area (Å²) in [5, 5.41) is 22.8. The van der Waals surface area contributed by atoms with Crippen molar-refractivity contribution in [3.63, 3.8) is 0 Å². The summed E-state index contributed by atoms with van der Waals surface area (Å²) in [6, 6.07) is 4.09. The van der Waals surface area contributed by atoms with Crippen LogP contribution in [0.4, 0.5) is 5.69 Å². The number of halogens is 1. The van der Waals surface area contributed by atoms with E-state index in [1.54, 1.807) is 6.07 Å². The summed E-state index contributed by atoms with van der Waals surface area (Å²) < 4.78 is 0.754. The fourth-order valence-electron chi connectivity index (χ4n) is 1.82. The summed E-state index contributed by atoms with van der Waals surface area (Å²) in [5.41, 5.74) is 0.725. The number of hydrogen-bond donors (Lipinski definition) is 2. The molecule has 0 spiro atoms. The summed E-state index contributed by atoms with van der Waals surface area (Å²) in [6.07, 6.45) is 0.515. The largest absolute Gasteiger partial charge is 0.480 e. The first-order chi connectivity index (χ1) is 9.29. The molecule has 0 heterocycles. The maximum Gasteiger partial charge on any atom is 0.320 e. The Hall–Kier alpha value is -1.22. The average molecular weight is 392 g/mol. The van der Waals surface area contributed by atoms with E-state index in [4.69, 9.17) is 5.11 Å². The third-order valence-electron chi connectivity index (χ3n) is 2.71. The average Bonchev–Trinajstić information content (AvgIpc) is 2.33. The molecule has 1 rings (SSSR count). The van der Waals surface area contributed by atoms with Crippen molar-refractivity contribution in [3.8, 4) is 0 Å². The highest BCUT2D eigenvalue weighted by Crippen LogP contribution is 2.19. The van der Waals surface area contributed by atoms with Gasteiger partial charge >= 0.3 is 5.97 Å². The van der Waals surface area contributed by atoms with Gasteiger partial charge in [0.2, 0.25) is 0 Å². The van der Waals surface area contributed by atoms with Gasteiger partial charge in [-0.2, -0.15) is 0 Å². The molecule has 2 N–H and O–H groups in total. The summed E-state index contributed by atoms with van der Waals surface area (Å²) in [4.78, 5) is 21.5. The lowest BCUT2D eigenvalue weighted by Gasteiger charge is -2.16. The van der Waals surface area contributed by atoms with Crippen molar-refractivity contribution in [1.29, 1.82) is 0 Å². The van der Waals surface area contributed by atoms with E-state index in [1.165, 1.54) is 12.1 Å². The minimum absolute atomic E-state index is 0.0180. The SMILES string of the molecule is CC(C)C[C@H](NCc1cc(I)cc([N+](=O)[O-])c1)C(=O)O. The van der Waals surface area contributed by atoms with Crippen molar-refractivity contribution >= 4 is 34.2 Å². The van der Waals surface area contributed by atoms with Crippen LogP contribution in [0, 0.1) is 19.6 Å². The molecular weight excluding hydrogens is 375 g/mol. The topological polar surface area (TPSA) is 92.5 Å². The lowest BCUT2D eigenvalue weighted by Crippen LogP contribution is -2.37. The molecule has 0 aliphatic rings. The zero-order valence-corrected chi connectivity index (χ0v) is 13.5. The van der Waals surface area contributed by atoms with Crippen LogP contribution < -0.4 is 5.32 Å². The van der Waals surface area contributed by atoms with E-state index in [9.17, 15) is 14.9 Å². The first-order valence-electron chi connectivity index (χ1n) is 6.19. The van der Waals surface area contributed by atoms with Crippen LogP contribution in [0.5, 0.6) is 0 Å². The van der Waals surface area contributed by atoms with Gasteiger partial charge in [0.05, 0.1) is 4.92 Å². The van der Waals surface area contributed by atoms with Gasteiger partial charge in [0, 0.05) is 22.2 Å². The number of rotatable bonds is 7. The van der Waals surface area contributed by atoms with Crippen LogP contribution in [0.2, 0.25) is 0 Å². The fraction of sp³-hybridized carbons (Fsp3) is 0.462. The number of nitrogens with one attached hydrogen (secondary N) is 1. The molecule has 0 amide bonds. The highest BCUT2D eigenvalue weighted by Gasteiger charge is 2.18. The van der Waals surface area contributed by atoms with Gasteiger partial charge in [0.25, 0.3) is 5.69 Å². The summed E-state index contributed by atoms with van der Waals surface area (Å²) in [5.74, 6) is -0.646. The monoisotopic (exact) mass is 392 g/mol. The van der Waals surface area contributed by atoms with Crippen molar-refractivity contribution < 1.29 is 14.8 Å². The van der Waals surface area contributed by atoms with Gasteiger partial charge < -0.3 is 10.4 Å². The maximum absolute atomic E-state index is 11.1. The van der Waals surface area contributed by atoms with E-state index in [2.05, 4.69) is 5.32 Å². The molecule has 0 fully saturated rings. The van der Waals surface area contributed by atoms with Crippen molar-refractivity contribution in [1.82, 2.24) is 5.32 Å². The molecule has 7 heteroatoms. The third kappa shape index (κ3) is 5.41. The van der Waals surface area contributed by atoms with E-state index >= 15 is 0 Å². The Morgan fingerprint density at radius 1 is 1.45 bits per heavy atom. The molecule has 0 saturated heterocycles. The third-order valence-corrected chi connectivity index (χ3v) is 3.33. The summed E-state index contributed by atoms with van der Waals surface area (Å²) in [6.45, 7) is 4.20. The number of hydrogen-bond acceptors (Lipinski definition) is 4. The lowest BCUT2D eigenvalue weighted by atomic mass is 10.0. The molecule has 6 nitrogen and oxygen atoms in total. The second kappa shape index (κ2) is 7.53. The Morgan fingerprint density at radius 2 is 2.10 bits per heavy atom. The molecule has 20 heavy (non-hydrogen) atoms. The Morgan fingerprint density at radius 3 is 2.60 bits per heavy atom. The number of benzene rings is 1. The molecule has 1 aromatic carbocycles. The van der Waals surface area contributed by atoms with Crippen LogP contribution >= 0.6 is 22.6 Å². The van der Waals surface area contributed by atoms with E-state index in [1.807, 2.05) is 36.4 Å². The Labute approximate surface area is 130 Å². The van der Waals surface area contributed by atoms with Crippen LogP contribution in [-0.2, 0) is 11.3 Å². The smallest absolute Gasteiger partial charge is 0.320 e. The van der Waals surface area contributed by atoms with E-state index < -0.39 is 16.9 Å². The highest BCUT2D eigenvalue weighted by atomic mass is 127. The quantitative estimate of drug-likeness (QED) is 0.423. The molecule has 0 saturated carbocycles. The van der Waals surface area contributed by atoms with Gasteiger partial charge in [-0.15, -0.1) is 0 Å². The number of aliphatic carboxylic acids is 1. The van der Waals surface area contributed by atoms with Crippen LogP contribution in [-0.4, -0.2) is 22.0 Å². The molecule has 0 aromatic heterocycles. The van der Waals surface area contributed by atoms with Crippen molar-refractivity contribution in [3.05, 3.63) is 37.4 Å². The first kappa shape index (κ1) is 16.8. The first-order valence-corrected chi connectivity index (χ1v) is 7.27. The molecule has 0 unspecified atom stereocenters. The number of carboxylic acids is 1. The Kier molecular flexibility index (Phi) is 6.34. The number of carboxylic acid groups (broad SMARTS) is 1. The van der Waals surface area contributed by atoms with E-state index in [0.29, 0.717) is 18.5 Å². The highest BCUT2D eigenvalue weighted by molar-refractivity contribution is 14.1. The summed E-state index contributed by atoms with van der Waals surface area (Å²) in [7, 11) is 0. The van der Waals surface area contributed by atoms with Crippen LogP contribution in [0.15, 0.2) is 18.2 Å². The molecule has 1 atom stereocenters. The normalized spacial score (nSPS) is 12.4. The van der Waals surface area contributed by atoms with Gasteiger partial charge in [0.1, 0.15) is 6.04 Å². The zero-order valence-electron chi connectivity index (χ0n) is 11.3. The molecule has 1 aromatic rings. The number of nitro benzene ring substituents is 1. The van der Waals surface area contributed by atoms with Crippen LogP contribution in [0.3, 0.4) is 0 Å². The summed E-state index contributed by atoms with van der Waals surface area (Å²) >= 11 is 2.01. The van der Waals surface area contributed by atoms with E-state index in [-0.39, 0.29) is 11.6 Å². The molecule has 0 radical (unpaired) electrons. The van der Waals surface area contributed by atoms with Crippen LogP contribution in [0.1, 0.15) is 25.8 Å². The lowest BCUT2D eigenvalue weighted by molar-refractivity contribution is -0.385. The zero-order chi connectivity index (χ0) is 15.3. The Bertz CT molecular complexity index is 505. The van der Waals surface area contributed by atoms with Gasteiger partial charge in [-0.25, -0.2) is 0 Å². The predicted molar refractivity (Wildman–Crippen MR) is 83.5 cm³/mol. The minimum atomic E-state index is -0.904. The van der Waals surface area contributed by atoms with Gasteiger partial charge in [-0.05, 0) is 46.6 Å². The molecule has 0 bridgehead atoms. The second-order valence-electron chi connectivity index (χ2n) is 4.98. The number of nitro groups is 1. The van der Waals surface area contributed by atoms with E-state index in [0.717, 1.165) is 3.57 Å². The van der Waals surface area contributed by atoms with Crippen molar-refractivity contribution in [2.75, 3.05) is 0 Å². The molecule has 0 aliphatic carbocycles. The van der Waals surface area contributed by atoms with Crippen molar-refractivity contribution in [2.24, 2.45) is 5.92 Å². The number of non-ortho nitro benzene ring substituents is 1. The maximum atomic E-state index is 11.1. The minimum Gasteiger partial charge on any atom is -0.480 e. The number of nitrogens with zero attached hydrogens (tertiary/aromatic N) is 1. The fourth-order valence-corrected chi connectivity index (χ4v) is 2.54. The van der Waals surface area contributed by atoms with Gasteiger partial charge in [-0.1, -0.05) is 13.8 Å². The predicted octanol–water partition coefficient (Wildman–Crippen LogP) is 2.79. The number of carbonyl (C=O) groups is 1. The second-order valence-corrected chi connectivity index (χ2v) is 6.22.